The molecule has 0 saturated carbocycles. The highest BCUT2D eigenvalue weighted by atomic mass is 32.1. The normalized spacial score (nSPS) is 19.9. The van der Waals surface area contributed by atoms with E-state index in [1.807, 2.05) is 4.90 Å². The molecule has 18 heavy (non-hydrogen) atoms. The molecule has 1 atom stereocenters. The second-order valence-corrected chi connectivity index (χ2v) is 5.20. The molecule has 1 fully saturated rings. The highest BCUT2D eigenvalue weighted by Gasteiger charge is 2.26. The quantitative estimate of drug-likeness (QED) is 0.813. The van der Waals surface area contributed by atoms with E-state index in [1.54, 1.807) is 6.07 Å². The molecule has 0 spiro atoms. The zero-order chi connectivity index (χ0) is 13.1. The zero-order valence-electron chi connectivity index (χ0n) is 10.5. The van der Waals surface area contributed by atoms with Gasteiger partial charge in [0.15, 0.2) is 0 Å². The molecule has 1 heterocycles. The van der Waals surface area contributed by atoms with Crippen molar-refractivity contribution in [2.45, 2.75) is 43.5 Å². The Balaban J connectivity index is 2.21. The molecule has 0 aromatic heterocycles. The van der Waals surface area contributed by atoms with Crippen molar-refractivity contribution >= 4 is 18.5 Å². The van der Waals surface area contributed by atoms with Gasteiger partial charge in [-0.1, -0.05) is 6.92 Å². The Morgan fingerprint density at radius 3 is 2.94 bits per heavy atom. The van der Waals surface area contributed by atoms with Gasteiger partial charge in [-0.3, -0.25) is 4.79 Å². The number of piperidine rings is 1. The smallest absolute Gasteiger partial charge is 0.254 e. The predicted octanol–water partition coefficient (Wildman–Crippen LogP) is 3.52. The second-order valence-electron chi connectivity index (χ2n) is 4.72. The summed E-state index contributed by atoms with van der Waals surface area (Å²) in [6.07, 6.45) is 4.28. The van der Waals surface area contributed by atoms with Gasteiger partial charge in [-0.2, -0.15) is 0 Å². The lowest BCUT2D eigenvalue weighted by molar-refractivity contribution is 0.0607. The molecule has 2 nitrogen and oxygen atoms in total. The predicted molar refractivity (Wildman–Crippen MR) is 72.6 cm³/mol. The Morgan fingerprint density at radius 2 is 2.28 bits per heavy atom. The molecule has 1 unspecified atom stereocenters. The molecule has 1 aromatic carbocycles. The maximum absolute atomic E-state index is 13.1. The average Bonchev–Trinajstić information content (AvgIpc) is 2.41. The summed E-state index contributed by atoms with van der Waals surface area (Å²) in [7, 11) is 0. The lowest BCUT2D eigenvalue weighted by atomic mass is 9.99. The molecule has 1 amide bonds. The first-order valence-electron chi connectivity index (χ1n) is 6.43. The van der Waals surface area contributed by atoms with Crippen LogP contribution in [0.2, 0.25) is 0 Å². The van der Waals surface area contributed by atoms with Crippen LogP contribution < -0.4 is 0 Å². The number of hydrogen-bond acceptors (Lipinski definition) is 2. The third kappa shape index (κ3) is 2.69. The van der Waals surface area contributed by atoms with E-state index in [-0.39, 0.29) is 16.6 Å². The molecule has 1 aliphatic heterocycles. The van der Waals surface area contributed by atoms with E-state index >= 15 is 0 Å². The first-order valence-corrected chi connectivity index (χ1v) is 6.87. The lowest BCUT2D eigenvalue weighted by Gasteiger charge is -2.35. The number of likely N-dealkylation sites (tertiary alicyclic amines) is 1. The van der Waals surface area contributed by atoms with Gasteiger partial charge >= 0.3 is 0 Å². The van der Waals surface area contributed by atoms with Crippen molar-refractivity contribution in [1.29, 1.82) is 0 Å². The number of nitrogens with zero attached hydrogens (tertiary/aromatic N) is 1. The summed E-state index contributed by atoms with van der Waals surface area (Å²) >= 11 is 4.03. The Kier molecular flexibility index (Phi) is 4.27. The van der Waals surface area contributed by atoms with E-state index in [0.29, 0.717) is 11.6 Å². The molecular formula is C14H18FNOS. The van der Waals surface area contributed by atoms with Crippen LogP contribution in [0.5, 0.6) is 0 Å². The third-order valence-electron chi connectivity index (χ3n) is 3.55. The molecular weight excluding hydrogens is 249 g/mol. The van der Waals surface area contributed by atoms with Crippen LogP contribution in [0.25, 0.3) is 0 Å². The molecule has 0 bridgehead atoms. The molecule has 0 radical (unpaired) electrons. The second kappa shape index (κ2) is 5.74. The molecule has 1 aromatic rings. The third-order valence-corrected chi connectivity index (χ3v) is 3.90. The van der Waals surface area contributed by atoms with Crippen LogP contribution in [-0.4, -0.2) is 23.4 Å². The van der Waals surface area contributed by atoms with E-state index in [1.165, 1.54) is 18.6 Å². The fraction of sp³-hybridized carbons (Fsp3) is 0.500. The minimum absolute atomic E-state index is 0.00292. The number of thiol groups is 1. The van der Waals surface area contributed by atoms with Crippen molar-refractivity contribution in [1.82, 2.24) is 4.90 Å². The zero-order valence-corrected chi connectivity index (χ0v) is 11.4. The molecule has 1 aliphatic rings. The summed E-state index contributed by atoms with van der Waals surface area (Å²) in [6.45, 7) is 2.90. The molecule has 4 heteroatoms. The van der Waals surface area contributed by atoms with Crippen molar-refractivity contribution in [3.05, 3.63) is 29.6 Å². The number of carbonyl (C=O) groups excluding carboxylic acids is 1. The van der Waals surface area contributed by atoms with Crippen molar-refractivity contribution in [3.8, 4) is 0 Å². The Morgan fingerprint density at radius 1 is 1.50 bits per heavy atom. The van der Waals surface area contributed by atoms with Crippen LogP contribution in [-0.2, 0) is 0 Å². The van der Waals surface area contributed by atoms with Gasteiger partial charge in [-0.25, -0.2) is 4.39 Å². The molecule has 2 rings (SSSR count). The summed E-state index contributed by atoms with van der Waals surface area (Å²) in [5.74, 6) is -0.391. The summed E-state index contributed by atoms with van der Waals surface area (Å²) < 4.78 is 13.1. The summed E-state index contributed by atoms with van der Waals surface area (Å²) in [5.41, 5.74) is 0.529. The van der Waals surface area contributed by atoms with Crippen LogP contribution in [0.15, 0.2) is 23.1 Å². The van der Waals surface area contributed by atoms with Gasteiger partial charge in [0.25, 0.3) is 5.91 Å². The van der Waals surface area contributed by atoms with Crippen LogP contribution in [0.1, 0.15) is 43.0 Å². The molecule has 0 aliphatic carbocycles. The Bertz CT molecular complexity index is 449. The molecule has 98 valence electrons. The van der Waals surface area contributed by atoms with Crippen LogP contribution in [0.3, 0.4) is 0 Å². The number of halogens is 1. The fourth-order valence-electron chi connectivity index (χ4n) is 2.50. The first-order chi connectivity index (χ1) is 8.63. The van der Waals surface area contributed by atoms with Gasteiger partial charge in [0.05, 0.1) is 0 Å². The maximum Gasteiger partial charge on any atom is 0.254 e. The molecule has 1 saturated heterocycles. The minimum atomic E-state index is -0.388. The van der Waals surface area contributed by atoms with Crippen molar-refractivity contribution in [2.75, 3.05) is 6.54 Å². The van der Waals surface area contributed by atoms with E-state index in [9.17, 15) is 9.18 Å². The number of amides is 1. The topological polar surface area (TPSA) is 20.3 Å². The van der Waals surface area contributed by atoms with Gasteiger partial charge in [0, 0.05) is 23.0 Å². The van der Waals surface area contributed by atoms with Gasteiger partial charge < -0.3 is 4.90 Å². The van der Waals surface area contributed by atoms with E-state index < -0.39 is 0 Å². The number of carbonyl (C=O) groups is 1. The summed E-state index contributed by atoms with van der Waals surface area (Å²) in [4.78, 5) is 14.6. The largest absolute Gasteiger partial charge is 0.336 e. The van der Waals surface area contributed by atoms with E-state index in [2.05, 4.69) is 19.6 Å². The SMILES string of the molecule is CCC1CCCCN1C(=O)c1ccc(F)c(S)c1. The number of hydrogen-bond donors (Lipinski definition) is 1. The van der Waals surface area contributed by atoms with Gasteiger partial charge in [-0.05, 0) is 43.9 Å². The van der Waals surface area contributed by atoms with Crippen molar-refractivity contribution in [2.24, 2.45) is 0 Å². The number of benzene rings is 1. The number of rotatable bonds is 2. The lowest BCUT2D eigenvalue weighted by Crippen LogP contribution is -2.43. The summed E-state index contributed by atoms with van der Waals surface area (Å²) in [6, 6.07) is 4.68. The minimum Gasteiger partial charge on any atom is -0.336 e. The summed E-state index contributed by atoms with van der Waals surface area (Å²) in [5, 5.41) is 0. The van der Waals surface area contributed by atoms with E-state index in [4.69, 9.17) is 0 Å². The van der Waals surface area contributed by atoms with Crippen LogP contribution in [0, 0.1) is 5.82 Å². The molecule has 0 N–H and O–H groups in total. The highest BCUT2D eigenvalue weighted by Crippen LogP contribution is 2.23. The van der Waals surface area contributed by atoms with Crippen molar-refractivity contribution in [3.63, 3.8) is 0 Å². The average molecular weight is 267 g/mol. The monoisotopic (exact) mass is 267 g/mol. The van der Waals surface area contributed by atoms with Crippen LogP contribution in [0.4, 0.5) is 4.39 Å². The van der Waals surface area contributed by atoms with Gasteiger partial charge in [-0.15, -0.1) is 12.6 Å². The fourth-order valence-corrected chi connectivity index (χ4v) is 2.72. The highest BCUT2D eigenvalue weighted by molar-refractivity contribution is 7.80. The first kappa shape index (κ1) is 13.4. The van der Waals surface area contributed by atoms with Gasteiger partial charge in [0.2, 0.25) is 0 Å². The Hall–Kier alpha value is -1.03. The standard InChI is InChI=1S/C14H18FNOS/c1-2-11-5-3-4-8-16(11)14(17)10-6-7-12(15)13(18)9-10/h6-7,9,11,18H,2-5,8H2,1H3. The van der Waals surface area contributed by atoms with E-state index in [0.717, 1.165) is 25.8 Å². The maximum atomic E-state index is 13.1. The Labute approximate surface area is 113 Å². The van der Waals surface area contributed by atoms with Crippen molar-refractivity contribution < 1.29 is 9.18 Å². The van der Waals surface area contributed by atoms with Crippen LogP contribution >= 0.6 is 12.6 Å². The van der Waals surface area contributed by atoms with Gasteiger partial charge in [0.1, 0.15) is 5.82 Å².